The molecular weight excluding hydrogens is 200 g/mol. The molecular formula is C9H10N2O4. The lowest BCUT2D eigenvalue weighted by atomic mass is 10.3. The predicted octanol–water partition coefficient (Wildman–Crippen LogP) is -0.00830. The molecule has 1 rings (SSSR count). The molecule has 1 aromatic rings. The van der Waals surface area contributed by atoms with Crippen molar-refractivity contribution in [3.63, 3.8) is 0 Å². The lowest BCUT2D eigenvalue weighted by Gasteiger charge is -2.03. The first kappa shape index (κ1) is 11.0. The van der Waals surface area contributed by atoms with E-state index in [0.717, 1.165) is 0 Å². The van der Waals surface area contributed by atoms with Crippen LogP contribution in [0.3, 0.4) is 0 Å². The Morgan fingerprint density at radius 1 is 1.47 bits per heavy atom. The fourth-order valence-electron chi connectivity index (χ4n) is 0.938. The molecule has 6 heteroatoms. The topological polar surface area (TPSA) is 99.5 Å². The highest BCUT2D eigenvalue weighted by Crippen LogP contribution is 2.11. The molecule has 3 N–H and O–H groups in total. The van der Waals surface area contributed by atoms with Gasteiger partial charge in [-0.25, -0.2) is 4.98 Å². The Morgan fingerprint density at radius 2 is 2.20 bits per heavy atom. The van der Waals surface area contributed by atoms with Gasteiger partial charge in [0, 0.05) is 12.7 Å². The molecule has 0 saturated carbocycles. The van der Waals surface area contributed by atoms with Gasteiger partial charge in [-0.1, -0.05) is 0 Å². The summed E-state index contributed by atoms with van der Waals surface area (Å²) in [6, 6.07) is 2.82. The number of aromatic nitrogens is 1. The van der Waals surface area contributed by atoms with E-state index < -0.39 is 11.9 Å². The SMILES string of the molecule is O=C(O)CCNC(=O)c1ncccc1O. The highest BCUT2D eigenvalue weighted by Gasteiger charge is 2.11. The van der Waals surface area contributed by atoms with Crippen LogP contribution in [0, 0.1) is 0 Å². The van der Waals surface area contributed by atoms with E-state index in [-0.39, 0.29) is 24.4 Å². The fourth-order valence-corrected chi connectivity index (χ4v) is 0.938. The summed E-state index contributed by atoms with van der Waals surface area (Å²) in [4.78, 5) is 25.2. The third-order valence-corrected chi connectivity index (χ3v) is 1.63. The first-order chi connectivity index (χ1) is 7.11. The third-order valence-electron chi connectivity index (χ3n) is 1.63. The van der Waals surface area contributed by atoms with Crippen LogP contribution in [0.25, 0.3) is 0 Å². The monoisotopic (exact) mass is 210 g/mol. The lowest BCUT2D eigenvalue weighted by Crippen LogP contribution is -2.26. The number of aliphatic carboxylic acids is 1. The second-order valence-electron chi connectivity index (χ2n) is 2.77. The Morgan fingerprint density at radius 3 is 2.80 bits per heavy atom. The van der Waals surface area contributed by atoms with Gasteiger partial charge in [0.05, 0.1) is 6.42 Å². The van der Waals surface area contributed by atoms with Crippen LogP contribution in [0.4, 0.5) is 0 Å². The van der Waals surface area contributed by atoms with Crippen molar-refractivity contribution in [2.24, 2.45) is 0 Å². The van der Waals surface area contributed by atoms with Crippen LogP contribution in [0.2, 0.25) is 0 Å². The molecule has 80 valence electrons. The van der Waals surface area contributed by atoms with Gasteiger partial charge in [0.25, 0.3) is 5.91 Å². The molecule has 0 atom stereocenters. The second kappa shape index (κ2) is 4.94. The minimum atomic E-state index is -0.999. The number of carboxylic acid groups (broad SMARTS) is 1. The van der Waals surface area contributed by atoms with Crippen LogP contribution < -0.4 is 5.32 Å². The van der Waals surface area contributed by atoms with Crippen molar-refractivity contribution in [2.45, 2.75) is 6.42 Å². The van der Waals surface area contributed by atoms with Crippen LogP contribution in [0.1, 0.15) is 16.9 Å². The Balaban J connectivity index is 2.54. The van der Waals surface area contributed by atoms with Gasteiger partial charge < -0.3 is 15.5 Å². The van der Waals surface area contributed by atoms with Crippen LogP contribution >= 0.6 is 0 Å². The van der Waals surface area contributed by atoms with Gasteiger partial charge in [0.1, 0.15) is 5.75 Å². The predicted molar refractivity (Wildman–Crippen MR) is 50.5 cm³/mol. The maximum Gasteiger partial charge on any atom is 0.305 e. The largest absolute Gasteiger partial charge is 0.505 e. The average molecular weight is 210 g/mol. The van der Waals surface area contributed by atoms with Crippen LogP contribution in [-0.2, 0) is 4.79 Å². The summed E-state index contributed by atoms with van der Waals surface area (Å²) in [7, 11) is 0. The van der Waals surface area contributed by atoms with Gasteiger partial charge in [0.15, 0.2) is 5.69 Å². The molecule has 1 amide bonds. The van der Waals surface area contributed by atoms with Gasteiger partial charge in [-0.3, -0.25) is 9.59 Å². The number of aromatic hydroxyl groups is 1. The zero-order chi connectivity index (χ0) is 11.3. The normalized spacial score (nSPS) is 9.60. The summed E-state index contributed by atoms with van der Waals surface area (Å²) >= 11 is 0. The third kappa shape index (κ3) is 3.26. The van der Waals surface area contributed by atoms with Crippen molar-refractivity contribution in [1.82, 2.24) is 10.3 Å². The fraction of sp³-hybridized carbons (Fsp3) is 0.222. The van der Waals surface area contributed by atoms with Gasteiger partial charge >= 0.3 is 5.97 Å². The van der Waals surface area contributed by atoms with Crippen molar-refractivity contribution >= 4 is 11.9 Å². The molecule has 0 aliphatic carbocycles. The van der Waals surface area contributed by atoms with E-state index >= 15 is 0 Å². The molecule has 0 bridgehead atoms. The molecule has 1 heterocycles. The second-order valence-corrected chi connectivity index (χ2v) is 2.77. The Bertz CT molecular complexity index is 378. The maximum absolute atomic E-state index is 11.3. The van der Waals surface area contributed by atoms with Gasteiger partial charge in [0.2, 0.25) is 0 Å². The summed E-state index contributed by atoms with van der Waals surface area (Å²) in [5.74, 6) is -1.82. The number of carboxylic acids is 1. The first-order valence-corrected chi connectivity index (χ1v) is 4.25. The number of rotatable bonds is 4. The van der Waals surface area contributed by atoms with Crippen molar-refractivity contribution in [3.05, 3.63) is 24.0 Å². The minimum Gasteiger partial charge on any atom is -0.505 e. The van der Waals surface area contributed by atoms with E-state index in [1.54, 1.807) is 0 Å². The van der Waals surface area contributed by atoms with E-state index in [4.69, 9.17) is 5.11 Å². The van der Waals surface area contributed by atoms with E-state index in [1.165, 1.54) is 18.3 Å². The molecule has 0 saturated heterocycles. The van der Waals surface area contributed by atoms with Crippen LogP contribution in [-0.4, -0.2) is 33.6 Å². The van der Waals surface area contributed by atoms with Crippen molar-refractivity contribution in [1.29, 1.82) is 0 Å². The van der Waals surface area contributed by atoms with Gasteiger partial charge in [-0.15, -0.1) is 0 Å². The number of carbonyl (C=O) groups is 2. The molecule has 0 spiro atoms. The van der Waals surface area contributed by atoms with Crippen molar-refractivity contribution in [3.8, 4) is 5.75 Å². The number of amides is 1. The summed E-state index contributed by atoms with van der Waals surface area (Å²) in [5, 5.41) is 19.9. The number of nitrogens with one attached hydrogen (secondary N) is 1. The molecule has 0 aliphatic rings. The summed E-state index contributed by atoms with van der Waals surface area (Å²) in [6.45, 7) is 0.00415. The summed E-state index contributed by atoms with van der Waals surface area (Å²) < 4.78 is 0. The van der Waals surface area contributed by atoms with Crippen LogP contribution in [0.5, 0.6) is 5.75 Å². The molecule has 0 radical (unpaired) electrons. The van der Waals surface area contributed by atoms with E-state index in [1.807, 2.05) is 0 Å². The Hall–Kier alpha value is -2.11. The van der Waals surface area contributed by atoms with Crippen molar-refractivity contribution in [2.75, 3.05) is 6.54 Å². The zero-order valence-corrected chi connectivity index (χ0v) is 7.80. The molecule has 0 fully saturated rings. The molecule has 0 aliphatic heterocycles. The number of hydrogen-bond acceptors (Lipinski definition) is 4. The maximum atomic E-state index is 11.3. The molecule has 0 aromatic carbocycles. The molecule has 0 unspecified atom stereocenters. The number of nitrogens with zero attached hydrogens (tertiary/aromatic N) is 1. The van der Waals surface area contributed by atoms with Gasteiger partial charge in [-0.05, 0) is 12.1 Å². The summed E-state index contributed by atoms with van der Waals surface area (Å²) in [6.07, 6.45) is 1.20. The molecule has 1 aromatic heterocycles. The highest BCUT2D eigenvalue weighted by molar-refractivity contribution is 5.94. The minimum absolute atomic E-state index is 0.00415. The number of hydrogen-bond donors (Lipinski definition) is 3. The van der Waals surface area contributed by atoms with E-state index in [2.05, 4.69) is 10.3 Å². The smallest absolute Gasteiger partial charge is 0.305 e. The first-order valence-electron chi connectivity index (χ1n) is 4.25. The van der Waals surface area contributed by atoms with Gasteiger partial charge in [-0.2, -0.15) is 0 Å². The zero-order valence-electron chi connectivity index (χ0n) is 7.80. The highest BCUT2D eigenvalue weighted by atomic mass is 16.4. The number of carbonyl (C=O) groups excluding carboxylic acids is 1. The molecule has 6 nitrogen and oxygen atoms in total. The van der Waals surface area contributed by atoms with E-state index in [0.29, 0.717) is 0 Å². The number of pyridine rings is 1. The lowest BCUT2D eigenvalue weighted by molar-refractivity contribution is -0.136. The summed E-state index contributed by atoms with van der Waals surface area (Å²) in [5.41, 5.74) is -0.108. The van der Waals surface area contributed by atoms with E-state index in [9.17, 15) is 14.7 Å². The standard InChI is InChI=1S/C9H10N2O4/c12-6-2-1-4-10-8(6)9(15)11-5-3-7(13)14/h1-2,4,12H,3,5H2,(H,11,15)(H,13,14). The quantitative estimate of drug-likeness (QED) is 0.649. The Labute approximate surface area is 85.6 Å². The molecule has 15 heavy (non-hydrogen) atoms. The van der Waals surface area contributed by atoms with Crippen molar-refractivity contribution < 1.29 is 19.8 Å². The Kier molecular flexibility index (Phi) is 3.61. The van der Waals surface area contributed by atoms with Crippen LogP contribution in [0.15, 0.2) is 18.3 Å². The average Bonchev–Trinajstić information content (AvgIpc) is 2.17.